The van der Waals surface area contributed by atoms with Crippen molar-refractivity contribution in [1.29, 1.82) is 0 Å². The van der Waals surface area contributed by atoms with E-state index in [9.17, 15) is 9.59 Å². The quantitative estimate of drug-likeness (QED) is 0.545. The van der Waals surface area contributed by atoms with Crippen molar-refractivity contribution in [2.24, 2.45) is 0 Å². The van der Waals surface area contributed by atoms with Crippen molar-refractivity contribution in [2.45, 2.75) is 4.34 Å². The fraction of sp³-hybridized carbons (Fsp3) is 0.0833. The minimum Gasteiger partial charge on any atom is -0.382 e. The van der Waals surface area contributed by atoms with Crippen LogP contribution in [-0.2, 0) is 4.79 Å². The van der Waals surface area contributed by atoms with Crippen LogP contribution in [0.2, 0.25) is 0 Å². The molecule has 0 fully saturated rings. The number of nitrogens with two attached hydrogens (primary N) is 1. The Balaban J connectivity index is 1.57. The zero-order valence-corrected chi connectivity index (χ0v) is 15.2. The number of carbonyl (C=O) groups is 2. The summed E-state index contributed by atoms with van der Waals surface area (Å²) in [4.78, 5) is 36.3. The Bertz CT molecular complexity index is 830. The van der Waals surface area contributed by atoms with Gasteiger partial charge in [-0.3, -0.25) is 14.9 Å². The van der Waals surface area contributed by atoms with Gasteiger partial charge in [0.2, 0.25) is 5.91 Å². The summed E-state index contributed by atoms with van der Waals surface area (Å²) in [6.07, 6.45) is 3.21. The van der Waals surface area contributed by atoms with E-state index in [0.29, 0.717) is 19.5 Å². The van der Waals surface area contributed by atoms with Gasteiger partial charge in [-0.1, -0.05) is 11.8 Å². The van der Waals surface area contributed by atoms with Gasteiger partial charge in [-0.05, 0) is 0 Å². The van der Waals surface area contributed by atoms with Gasteiger partial charge in [-0.15, -0.1) is 34.0 Å². The monoisotopic (exact) mass is 398 g/mol. The summed E-state index contributed by atoms with van der Waals surface area (Å²) in [6.45, 7) is 0. The van der Waals surface area contributed by atoms with Gasteiger partial charge in [0.1, 0.15) is 10.7 Å². The van der Waals surface area contributed by atoms with Gasteiger partial charge in [0, 0.05) is 23.2 Å². The van der Waals surface area contributed by atoms with E-state index in [-0.39, 0.29) is 23.4 Å². The highest BCUT2D eigenvalue weighted by Gasteiger charge is 2.18. The van der Waals surface area contributed by atoms with Gasteiger partial charge in [-0.25, -0.2) is 15.0 Å². The molecule has 0 unspecified atom stereocenters. The molecule has 0 bridgehead atoms. The number of nitrogens with one attached hydrogen (secondary N) is 2. The van der Waals surface area contributed by atoms with Crippen molar-refractivity contribution < 1.29 is 9.59 Å². The van der Waals surface area contributed by atoms with E-state index in [0.717, 1.165) is 11.3 Å². The summed E-state index contributed by atoms with van der Waals surface area (Å²) in [6, 6.07) is 0. The minimum atomic E-state index is -0.362. The molecule has 0 aliphatic rings. The van der Waals surface area contributed by atoms with Gasteiger partial charge < -0.3 is 11.1 Å². The van der Waals surface area contributed by atoms with Crippen molar-refractivity contribution >= 4 is 73.7 Å². The molecule has 0 saturated carbocycles. The Labute approximate surface area is 152 Å². The second kappa shape index (κ2) is 7.70. The smallest absolute Gasteiger partial charge is 0.271 e. The Morgan fingerprint density at radius 2 is 1.79 bits per heavy atom. The average Bonchev–Trinajstić information content (AvgIpc) is 3.27. The summed E-state index contributed by atoms with van der Waals surface area (Å²) >= 11 is 5.00. The zero-order chi connectivity index (χ0) is 16.9. The second-order valence-corrected chi connectivity index (χ2v) is 8.17. The number of thiazole rings is 3. The summed E-state index contributed by atoms with van der Waals surface area (Å²) in [7, 11) is 0. The summed E-state index contributed by atoms with van der Waals surface area (Å²) in [5, 5.41) is 9.89. The number of carbonyl (C=O) groups excluding carboxylic acids is 2. The third-order valence-corrected chi connectivity index (χ3v) is 6.09. The molecule has 0 atom stereocenters. The predicted octanol–water partition coefficient (Wildman–Crippen LogP) is 2.62. The number of rotatable bonds is 6. The molecule has 3 rings (SSSR count). The van der Waals surface area contributed by atoms with E-state index in [1.165, 1.54) is 34.4 Å². The first kappa shape index (κ1) is 16.8. The maximum Gasteiger partial charge on any atom is 0.271 e. The molecule has 3 aromatic heterocycles. The molecule has 0 aromatic carbocycles. The summed E-state index contributed by atoms with van der Waals surface area (Å²) in [5.74, 6) is -0.270. The van der Waals surface area contributed by atoms with E-state index in [4.69, 9.17) is 5.73 Å². The molecule has 12 heteroatoms. The van der Waals surface area contributed by atoms with Crippen LogP contribution in [-0.4, -0.2) is 32.5 Å². The van der Waals surface area contributed by atoms with Crippen molar-refractivity contribution in [3.05, 3.63) is 28.0 Å². The maximum atomic E-state index is 12.1. The number of nitrogens with zero attached hydrogens (tertiary/aromatic N) is 3. The van der Waals surface area contributed by atoms with Gasteiger partial charge in [0.15, 0.2) is 14.6 Å². The van der Waals surface area contributed by atoms with Gasteiger partial charge >= 0.3 is 0 Å². The first-order chi connectivity index (χ1) is 11.6. The minimum absolute atomic E-state index is 0.136. The number of anilines is 3. The Morgan fingerprint density at radius 1 is 1.12 bits per heavy atom. The third kappa shape index (κ3) is 4.29. The molecule has 0 radical (unpaired) electrons. The molecule has 0 saturated heterocycles. The third-order valence-electron chi connectivity index (χ3n) is 2.50. The van der Waals surface area contributed by atoms with E-state index in [2.05, 4.69) is 25.6 Å². The Morgan fingerprint density at radius 3 is 2.42 bits per heavy atom. The lowest BCUT2D eigenvalue weighted by atomic mass is 10.5. The van der Waals surface area contributed by atoms with Crippen molar-refractivity contribution in [1.82, 2.24) is 15.0 Å². The number of hydrogen-bond donors (Lipinski definition) is 3. The van der Waals surface area contributed by atoms with Crippen molar-refractivity contribution in [2.75, 3.05) is 22.1 Å². The van der Waals surface area contributed by atoms with Crippen molar-refractivity contribution in [3.8, 4) is 0 Å². The molecule has 0 spiro atoms. The highest BCUT2D eigenvalue weighted by molar-refractivity contribution is 8.01. The van der Waals surface area contributed by atoms with E-state index in [1.54, 1.807) is 23.2 Å². The second-order valence-electron chi connectivity index (χ2n) is 4.16. The maximum absolute atomic E-state index is 12.1. The molecule has 24 heavy (non-hydrogen) atoms. The highest BCUT2D eigenvalue weighted by Crippen LogP contribution is 2.30. The van der Waals surface area contributed by atoms with Crippen LogP contribution in [0.1, 0.15) is 9.67 Å². The lowest BCUT2D eigenvalue weighted by Crippen LogP contribution is -2.13. The molecular weight excluding hydrogens is 388 g/mol. The van der Waals surface area contributed by atoms with Gasteiger partial charge in [0.05, 0.1) is 5.75 Å². The van der Waals surface area contributed by atoms with Crippen LogP contribution in [0, 0.1) is 0 Å². The van der Waals surface area contributed by atoms with Crippen LogP contribution in [0.3, 0.4) is 0 Å². The molecule has 0 aliphatic carbocycles. The van der Waals surface area contributed by atoms with Crippen LogP contribution in [0.15, 0.2) is 27.5 Å². The largest absolute Gasteiger partial charge is 0.382 e. The molecule has 3 heterocycles. The van der Waals surface area contributed by atoms with E-state index >= 15 is 0 Å². The number of aromatic nitrogens is 3. The average molecular weight is 399 g/mol. The Kier molecular flexibility index (Phi) is 5.40. The van der Waals surface area contributed by atoms with Crippen LogP contribution in [0.5, 0.6) is 0 Å². The standard InChI is InChI=1S/C12H10N6O2S4/c13-8-7(9(20)18-11-15-2-4-22-11)24-12(17-8)23-5-6(19)16-10-14-1-3-21-10/h1-4H,5,13H2,(H,14,16,19)(H,15,18,20). The number of nitrogen functional groups attached to an aromatic ring is 1. The molecule has 3 aromatic rings. The molecule has 124 valence electrons. The summed E-state index contributed by atoms with van der Waals surface area (Å²) in [5.41, 5.74) is 5.79. The summed E-state index contributed by atoms with van der Waals surface area (Å²) < 4.78 is 0.547. The van der Waals surface area contributed by atoms with Crippen molar-refractivity contribution in [3.63, 3.8) is 0 Å². The molecular formula is C12H10N6O2S4. The topological polar surface area (TPSA) is 123 Å². The van der Waals surface area contributed by atoms with Crippen LogP contribution < -0.4 is 16.4 Å². The fourth-order valence-electron chi connectivity index (χ4n) is 1.54. The van der Waals surface area contributed by atoms with Crippen LogP contribution in [0.4, 0.5) is 16.1 Å². The first-order valence-electron chi connectivity index (χ1n) is 6.41. The molecule has 4 N–H and O–H groups in total. The number of thioether (sulfide) groups is 1. The Hall–Kier alpha value is -2.02. The molecule has 2 amide bonds. The fourth-order valence-corrected chi connectivity index (χ4v) is 4.38. The lowest BCUT2D eigenvalue weighted by Gasteiger charge is -1.99. The highest BCUT2D eigenvalue weighted by atomic mass is 32.2. The lowest BCUT2D eigenvalue weighted by molar-refractivity contribution is -0.113. The molecule has 0 aliphatic heterocycles. The predicted molar refractivity (Wildman–Crippen MR) is 98.1 cm³/mol. The van der Waals surface area contributed by atoms with Crippen LogP contribution >= 0.6 is 45.8 Å². The number of hydrogen-bond acceptors (Lipinski definition) is 10. The van der Waals surface area contributed by atoms with Gasteiger partial charge in [0.25, 0.3) is 5.91 Å². The number of amides is 2. The SMILES string of the molecule is Nc1nc(SCC(=O)Nc2nccs2)sc1C(=O)Nc1nccs1. The van der Waals surface area contributed by atoms with Gasteiger partial charge in [-0.2, -0.15) is 0 Å². The van der Waals surface area contributed by atoms with E-state index < -0.39 is 0 Å². The van der Waals surface area contributed by atoms with E-state index in [1.807, 2.05) is 0 Å². The normalized spacial score (nSPS) is 10.5. The zero-order valence-electron chi connectivity index (χ0n) is 11.9. The van der Waals surface area contributed by atoms with Crippen LogP contribution in [0.25, 0.3) is 0 Å². The molecule has 8 nitrogen and oxygen atoms in total. The first-order valence-corrected chi connectivity index (χ1v) is 9.97.